The van der Waals surface area contributed by atoms with Crippen molar-refractivity contribution in [3.05, 3.63) is 81.7 Å². The molecular formula is C26H32N2O4. The Labute approximate surface area is 189 Å². The highest BCUT2D eigenvalue weighted by molar-refractivity contribution is 5.91. The molecule has 32 heavy (non-hydrogen) atoms. The zero-order valence-corrected chi connectivity index (χ0v) is 19.5. The number of benzene rings is 2. The molecule has 3 rings (SSSR count). The molecule has 6 heteroatoms. The van der Waals surface area contributed by atoms with Crippen molar-refractivity contribution in [2.45, 2.75) is 47.3 Å². The molecule has 2 aromatic carbocycles. The number of ether oxygens (including phenoxy) is 2. The second-order valence-corrected chi connectivity index (χ2v) is 7.86. The van der Waals surface area contributed by atoms with Gasteiger partial charge in [0, 0.05) is 36.6 Å². The molecule has 6 nitrogen and oxygen atoms in total. The fraction of sp³-hybridized carbons (Fsp3) is 0.346. The Hall–Kier alpha value is -3.25. The number of carboxylic acids is 1. The summed E-state index contributed by atoms with van der Waals surface area (Å²) in [7, 11) is 1.62. The molecule has 0 unspecified atom stereocenters. The van der Waals surface area contributed by atoms with Crippen LogP contribution in [0.25, 0.3) is 0 Å². The van der Waals surface area contributed by atoms with Crippen molar-refractivity contribution >= 4 is 5.97 Å². The average Bonchev–Trinajstić information content (AvgIpc) is 3.00. The first kappa shape index (κ1) is 23.4. The first-order valence-corrected chi connectivity index (χ1v) is 10.8. The van der Waals surface area contributed by atoms with Crippen molar-refractivity contribution in [1.82, 2.24) is 9.88 Å². The second kappa shape index (κ2) is 10.4. The number of hydrogen-bond acceptors (Lipinski definition) is 4. The van der Waals surface area contributed by atoms with Crippen molar-refractivity contribution in [3.8, 4) is 11.5 Å². The number of aromatic nitrogens is 1. The van der Waals surface area contributed by atoms with Gasteiger partial charge in [-0.1, -0.05) is 30.3 Å². The van der Waals surface area contributed by atoms with Gasteiger partial charge in [0.1, 0.15) is 0 Å². The van der Waals surface area contributed by atoms with E-state index in [-0.39, 0.29) is 0 Å². The third-order valence-corrected chi connectivity index (χ3v) is 5.87. The molecule has 170 valence electrons. The highest BCUT2D eigenvalue weighted by Gasteiger charge is 2.22. The van der Waals surface area contributed by atoms with Crippen LogP contribution in [0, 0.1) is 20.8 Å². The number of nitrogens with one attached hydrogen (secondary N) is 1. The normalized spacial score (nSPS) is 10.9. The summed E-state index contributed by atoms with van der Waals surface area (Å²) in [6.07, 6.45) is 0. The van der Waals surface area contributed by atoms with Crippen LogP contribution in [0.5, 0.6) is 11.5 Å². The third kappa shape index (κ3) is 4.97. The van der Waals surface area contributed by atoms with Gasteiger partial charge in [0.15, 0.2) is 11.5 Å². The molecule has 2 N–H and O–H groups in total. The topological polar surface area (TPSA) is 72.7 Å². The van der Waals surface area contributed by atoms with Crippen LogP contribution in [-0.2, 0) is 19.6 Å². The van der Waals surface area contributed by atoms with E-state index in [9.17, 15) is 9.90 Å². The Morgan fingerprint density at radius 3 is 2.44 bits per heavy atom. The maximum atomic E-state index is 12.1. The molecule has 0 radical (unpaired) electrons. The summed E-state index contributed by atoms with van der Waals surface area (Å²) in [6.45, 7) is 10.2. The summed E-state index contributed by atoms with van der Waals surface area (Å²) < 4.78 is 13.1. The quantitative estimate of drug-likeness (QED) is 0.475. The van der Waals surface area contributed by atoms with Gasteiger partial charge in [0.05, 0.1) is 19.3 Å². The van der Waals surface area contributed by atoms with Gasteiger partial charge >= 0.3 is 5.97 Å². The van der Waals surface area contributed by atoms with Gasteiger partial charge < -0.3 is 24.5 Å². The molecule has 0 bridgehead atoms. The molecule has 0 amide bonds. The monoisotopic (exact) mass is 436 g/mol. The molecule has 0 aliphatic rings. The van der Waals surface area contributed by atoms with Crippen LogP contribution < -0.4 is 14.8 Å². The first-order chi connectivity index (χ1) is 15.4. The van der Waals surface area contributed by atoms with Crippen LogP contribution in [0.3, 0.4) is 0 Å². The van der Waals surface area contributed by atoms with Crippen LogP contribution in [0.4, 0.5) is 0 Å². The molecule has 0 spiro atoms. The number of nitrogens with zero attached hydrogens (tertiary/aromatic N) is 1. The number of carboxylic acid groups (broad SMARTS) is 1. The number of rotatable bonds is 10. The van der Waals surface area contributed by atoms with Gasteiger partial charge in [-0.3, -0.25) is 0 Å². The minimum absolute atomic E-state index is 0.382. The van der Waals surface area contributed by atoms with E-state index in [1.54, 1.807) is 7.11 Å². The van der Waals surface area contributed by atoms with E-state index >= 15 is 0 Å². The summed E-state index contributed by atoms with van der Waals surface area (Å²) in [5.74, 6) is 0.508. The van der Waals surface area contributed by atoms with Gasteiger partial charge in [-0.25, -0.2) is 4.79 Å². The standard InChI is InChI=1S/C26H32N2O4/c1-6-32-23-12-11-20(13-24(23)31-5)14-27-15-22-18(3)28(19(4)25(22)26(29)30)16-21-10-8-7-9-17(21)2/h7-13,27H,6,14-16H2,1-5H3,(H,29,30). The maximum Gasteiger partial charge on any atom is 0.337 e. The first-order valence-electron chi connectivity index (χ1n) is 10.8. The van der Waals surface area contributed by atoms with Crippen LogP contribution in [0.1, 0.15) is 50.9 Å². The molecule has 0 saturated carbocycles. The lowest BCUT2D eigenvalue weighted by Crippen LogP contribution is -2.15. The summed E-state index contributed by atoms with van der Waals surface area (Å²) in [5.41, 5.74) is 6.37. The number of aromatic carboxylic acids is 1. The predicted octanol–water partition coefficient (Wildman–Crippen LogP) is 4.86. The number of carbonyl (C=O) groups is 1. The Morgan fingerprint density at radius 2 is 1.78 bits per heavy atom. The molecule has 0 saturated heterocycles. The fourth-order valence-electron chi connectivity index (χ4n) is 4.07. The van der Waals surface area contributed by atoms with E-state index in [4.69, 9.17) is 9.47 Å². The summed E-state index contributed by atoms with van der Waals surface area (Å²) >= 11 is 0. The maximum absolute atomic E-state index is 12.1. The molecule has 1 heterocycles. The minimum atomic E-state index is -0.895. The Morgan fingerprint density at radius 1 is 1.03 bits per heavy atom. The molecule has 1 aromatic heterocycles. The van der Waals surface area contributed by atoms with Crippen molar-refractivity contribution in [1.29, 1.82) is 0 Å². The number of methoxy groups -OCH3 is 1. The summed E-state index contributed by atoms with van der Waals surface area (Å²) in [6, 6.07) is 14.0. The van der Waals surface area contributed by atoms with E-state index in [2.05, 4.69) is 28.9 Å². The average molecular weight is 437 g/mol. The Balaban J connectivity index is 1.81. The van der Waals surface area contributed by atoms with Gasteiger partial charge in [0.2, 0.25) is 0 Å². The van der Waals surface area contributed by atoms with Crippen LogP contribution in [-0.4, -0.2) is 29.4 Å². The molecule has 3 aromatic rings. The van der Waals surface area contributed by atoms with Crippen molar-refractivity contribution in [2.24, 2.45) is 0 Å². The smallest absolute Gasteiger partial charge is 0.337 e. The van der Waals surface area contributed by atoms with E-state index in [1.165, 1.54) is 11.1 Å². The molecule has 0 aliphatic heterocycles. The van der Waals surface area contributed by atoms with E-state index in [1.807, 2.05) is 51.1 Å². The highest BCUT2D eigenvalue weighted by atomic mass is 16.5. The second-order valence-electron chi connectivity index (χ2n) is 7.86. The third-order valence-electron chi connectivity index (χ3n) is 5.87. The number of aryl methyl sites for hydroxylation is 1. The van der Waals surface area contributed by atoms with Gasteiger partial charge in [-0.15, -0.1) is 0 Å². The van der Waals surface area contributed by atoms with Gasteiger partial charge in [-0.05, 0) is 56.5 Å². The largest absolute Gasteiger partial charge is 0.493 e. The predicted molar refractivity (Wildman–Crippen MR) is 126 cm³/mol. The van der Waals surface area contributed by atoms with Crippen LogP contribution in [0.15, 0.2) is 42.5 Å². The van der Waals surface area contributed by atoms with Gasteiger partial charge in [-0.2, -0.15) is 0 Å². The van der Waals surface area contributed by atoms with Gasteiger partial charge in [0.25, 0.3) is 0 Å². The Bertz CT molecular complexity index is 1100. The highest BCUT2D eigenvalue weighted by Crippen LogP contribution is 2.28. The molecule has 0 fully saturated rings. The van der Waals surface area contributed by atoms with E-state index in [0.717, 1.165) is 22.5 Å². The number of hydrogen-bond donors (Lipinski definition) is 2. The van der Waals surface area contributed by atoms with Crippen molar-refractivity contribution in [3.63, 3.8) is 0 Å². The lowest BCUT2D eigenvalue weighted by Gasteiger charge is -2.13. The minimum Gasteiger partial charge on any atom is -0.493 e. The van der Waals surface area contributed by atoms with E-state index < -0.39 is 5.97 Å². The Kier molecular flexibility index (Phi) is 7.59. The molecule has 0 aliphatic carbocycles. The zero-order valence-electron chi connectivity index (χ0n) is 19.5. The van der Waals surface area contributed by atoms with Crippen molar-refractivity contribution < 1.29 is 19.4 Å². The van der Waals surface area contributed by atoms with Crippen molar-refractivity contribution in [2.75, 3.05) is 13.7 Å². The fourth-order valence-corrected chi connectivity index (χ4v) is 4.07. The van der Waals surface area contributed by atoms with E-state index in [0.29, 0.717) is 43.3 Å². The molecule has 0 atom stereocenters. The van der Waals surface area contributed by atoms with Crippen LogP contribution in [0.2, 0.25) is 0 Å². The zero-order chi connectivity index (χ0) is 23.3. The van der Waals surface area contributed by atoms with Crippen LogP contribution >= 0.6 is 0 Å². The lowest BCUT2D eigenvalue weighted by molar-refractivity contribution is 0.0694. The summed E-state index contributed by atoms with van der Waals surface area (Å²) in [5, 5.41) is 13.3. The lowest BCUT2D eigenvalue weighted by atomic mass is 10.1. The SMILES string of the molecule is CCOc1ccc(CNCc2c(C(=O)O)c(C)n(Cc3ccccc3C)c2C)cc1OC. The summed E-state index contributed by atoms with van der Waals surface area (Å²) in [4.78, 5) is 12.1. The molecular weight excluding hydrogens is 404 g/mol.